The Labute approximate surface area is 159 Å². The highest BCUT2D eigenvalue weighted by atomic mass is 16.5. The van der Waals surface area contributed by atoms with Crippen molar-refractivity contribution < 1.29 is 14.0 Å². The van der Waals surface area contributed by atoms with Gasteiger partial charge in [-0.3, -0.25) is 4.57 Å². The van der Waals surface area contributed by atoms with Crippen molar-refractivity contribution in [2.75, 3.05) is 14.2 Å². The molecule has 0 saturated carbocycles. The van der Waals surface area contributed by atoms with Gasteiger partial charge in [-0.05, 0) is 18.2 Å². The van der Waals surface area contributed by atoms with E-state index in [2.05, 4.69) is 25.3 Å². The van der Waals surface area contributed by atoms with Crippen LogP contribution >= 0.6 is 0 Å². The molecule has 1 aliphatic heterocycles. The molecule has 4 aromatic rings. The number of hydrogen-bond donors (Lipinski definition) is 0. The smallest absolute Gasteiger partial charge is 0.223 e. The summed E-state index contributed by atoms with van der Waals surface area (Å²) in [5.41, 5.74) is 3.37. The van der Waals surface area contributed by atoms with Crippen molar-refractivity contribution in [3.05, 3.63) is 41.9 Å². The Balaban J connectivity index is 1.78. The maximum Gasteiger partial charge on any atom is 0.223 e. The van der Waals surface area contributed by atoms with Gasteiger partial charge in [-0.15, -0.1) is 10.2 Å². The number of aromatic nitrogens is 7. The molecule has 0 atom stereocenters. The van der Waals surface area contributed by atoms with E-state index < -0.39 is 0 Å². The highest BCUT2D eigenvalue weighted by molar-refractivity contribution is 5.72. The third kappa shape index (κ3) is 2.42. The van der Waals surface area contributed by atoms with E-state index >= 15 is 0 Å². The topological polar surface area (TPSA) is 106 Å². The largest absolute Gasteiger partial charge is 0.497 e. The number of benzene rings is 1. The number of fused-ring (bicyclic) bond motifs is 5. The van der Waals surface area contributed by atoms with Crippen LogP contribution in [0.5, 0.6) is 5.75 Å². The van der Waals surface area contributed by atoms with Crippen molar-refractivity contribution in [2.45, 2.75) is 20.1 Å². The van der Waals surface area contributed by atoms with Crippen LogP contribution in [0, 0.1) is 6.92 Å². The maximum absolute atomic E-state index is 5.42. The van der Waals surface area contributed by atoms with Crippen LogP contribution in [-0.2, 0) is 17.9 Å². The van der Waals surface area contributed by atoms with Gasteiger partial charge in [0.2, 0.25) is 11.7 Å². The predicted octanol–water partition coefficient (Wildman–Crippen LogP) is 2.01. The van der Waals surface area contributed by atoms with Crippen LogP contribution < -0.4 is 4.74 Å². The number of nitrogens with zero attached hydrogens (tertiary/aromatic N) is 7. The number of methoxy groups -OCH3 is 2. The maximum atomic E-state index is 5.42. The predicted molar refractivity (Wildman–Crippen MR) is 97.0 cm³/mol. The normalized spacial score (nSPS) is 12.2. The lowest BCUT2D eigenvalue weighted by molar-refractivity contribution is 0.174. The summed E-state index contributed by atoms with van der Waals surface area (Å²) in [7, 11) is 3.27. The van der Waals surface area contributed by atoms with E-state index in [0.29, 0.717) is 30.6 Å². The number of ether oxygens (including phenoxy) is 2. The van der Waals surface area contributed by atoms with Gasteiger partial charge >= 0.3 is 0 Å². The van der Waals surface area contributed by atoms with Gasteiger partial charge in [-0.1, -0.05) is 5.16 Å². The van der Waals surface area contributed by atoms with E-state index in [-0.39, 0.29) is 0 Å². The first-order valence-corrected chi connectivity index (χ1v) is 8.66. The summed E-state index contributed by atoms with van der Waals surface area (Å²) in [5.74, 6) is 3.13. The molecule has 0 bridgehead atoms. The Morgan fingerprint density at radius 1 is 1.21 bits per heavy atom. The molecule has 1 aliphatic rings. The molecule has 0 unspecified atom stereocenters. The SMILES string of the molecule is COCc1nnc2n1Cc1c(-c3noc(C)n3)ncn1-c1ccc(OC)cc1-2. The Hall–Kier alpha value is -3.53. The van der Waals surface area contributed by atoms with Crippen molar-refractivity contribution in [3.8, 4) is 34.3 Å². The zero-order valence-corrected chi connectivity index (χ0v) is 15.6. The van der Waals surface area contributed by atoms with E-state index in [1.807, 2.05) is 27.3 Å². The number of hydrogen-bond acceptors (Lipinski definition) is 8. The van der Waals surface area contributed by atoms with Crippen molar-refractivity contribution >= 4 is 0 Å². The fraction of sp³-hybridized carbons (Fsp3) is 0.278. The fourth-order valence-electron chi connectivity index (χ4n) is 3.43. The molecule has 0 amide bonds. The first kappa shape index (κ1) is 16.6. The Kier molecular flexibility index (Phi) is 3.72. The summed E-state index contributed by atoms with van der Waals surface area (Å²) in [5, 5.41) is 12.8. The standard InChI is InChI=1S/C18H17N7O3/c1-10-20-17(23-28-10)16-14-7-24-15(8-26-2)21-22-18(24)12-6-11(27-3)4-5-13(12)25(14)9-19-16/h4-6,9H,7-8H2,1-3H3. The van der Waals surface area contributed by atoms with Gasteiger partial charge in [0.1, 0.15) is 24.4 Å². The molecule has 0 N–H and O–H groups in total. The van der Waals surface area contributed by atoms with Crippen molar-refractivity contribution in [1.29, 1.82) is 0 Å². The number of imidazole rings is 1. The lowest BCUT2D eigenvalue weighted by atomic mass is 10.1. The highest BCUT2D eigenvalue weighted by Crippen LogP contribution is 2.36. The monoisotopic (exact) mass is 379 g/mol. The van der Waals surface area contributed by atoms with Crippen LogP contribution in [0.15, 0.2) is 29.0 Å². The van der Waals surface area contributed by atoms with Crippen LogP contribution in [0.2, 0.25) is 0 Å². The molecule has 0 fully saturated rings. The van der Waals surface area contributed by atoms with Gasteiger partial charge in [-0.25, -0.2) is 4.98 Å². The molecule has 0 radical (unpaired) electrons. The van der Waals surface area contributed by atoms with Gasteiger partial charge in [0.05, 0.1) is 25.0 Å². The Morgan fingerprint density at radius 3 is 2.86 bits per heavy atom. The van der Waals surface area contributed by atoms with Crippen LogP contribution in [0.1, 0.15) is 17.4 Å². The van der Waals surface area contributed by atoms with Gasteiger partial charge in [0.15, 0.2) is 11.6 Å². The van der Waals surface area contributed by atoms with Crippen molar-refractivity contribution in [2.24, 2.45) is 0 Å². The molecule has 5 rings (SSSR count). The molecule has 0 aliphatic carbocycles. The molecule has 10 nitrogen and oxygen atoms in total. The van der Waals surface area contributed by atoms with Gasteiger partial charge in [0, 0.05) is 19.6 Å². The summed E-state index contributed by atoms with van der Waals surface area (Å²) >= 11 is 0. The summed E-state index contributed by atoms with van der Waals surface area (Å²) < 4.78 is 19.9. The molecule has 10 heteroatoms. The van der Waals surface area contributed by atoms with E-state index in [9.17, 15) is 0 Å². The lowest BCUT2D eigenvalue weighted by Crippen LogP contribution is -2.09. The highest BCUT2D eigenvalue weighted by Gasteiger charge is 2.28. The van der Waals surface area contributed by atoms with Gasteiger partial charge in [-0.2, -0.15) is 4.98 Å². The molecule has 28 heavy (non-hydrogen) atoms. The second-order valence-electron chi connectivity index (χ2n) is 6.39. The van der Waals surface area contributed by atoms with Crippen molar-refractivity contribution in [1.82, 2.24) is 34.5 Å². The average molecular weight is 379 g/mol. The van der Waals surface area contributed by atoms with E-state index in [4.69, 9.17) is 14.0 Å². The summed E-state index contributed by atoms with van der Waals surface area (Å²) in [6.07, 6.45) is 1.76. The van der Waals surface area contributed by atoms with Gasteiger partial charge in [0.25, 0.3) is 0 Å². The minimum atomic E-state index is 0.344. The molecular weight excluding hydrogens is 362 g/mol. The molecule has 4 heterocycles. The third-order valence-electron chi connectivity index (χ3n) is 4.72. The van der Waals surface area contributed by atoms with E-state index in [0.717, 1.165) is 34.3 Å². The molecule has 0 spiro atoms. The summed E-state index contributed by atoms with van der Waals surface area (Å²) in [6, 6.07) is 5.83. The minimum Gasteiger partial charge on any atom is -0.497 e. The van der Waals surface area contributed by atoms with E-state index in [1.54, 1.807) is 27.5 Å². The van der Waals surface area contributed by atoms with Crippen LogP contribution in [0.4, 0.5) is 0 Å². The Morgan fingerprint density at radius 2 is 2.11 bits per heavy atom. The molecular formula is C18H17N7O3. The van der Waals surface area contributed by atoms with Crippen LogP contribution in [0.25, 0.3) is 28.6 Å². The quantitative estimate of drug-likeness (QED) is 0.467. The zero-order valence-electron chi connectivity index (χ0n) is 15.6. The van der Waals surface area contributed by atoms with Crippen LogP contribution in [0.3, 0.4) is 0 Å². The number of aryl methyl sites for hydroxylation is 1. The minimum absolute atomic E-state index is 0.344. The second-order valence-corrected chi connectivity index (χ2v) is 6.39. The number of rotatable bonds is 4. The average Bonchev–Trinajstić information content (AvgIpc) is 3.40. The first-order chi connectivity index (χ1) is 13.7. The third-order valence-corrected chi connectivity index (χ3v) is 4.72. The summed E-state index contributed by atoms with van der Waals surface area (Å²) in [6.45, 7) is 2.58. The fourth-order valence-corrected chi connectivity index (χ4v) is 3.43. The zero-order chi connectivity index (χ0) is 19.3. The first-order valence-electron chi connectivity index (χ1n) is 8.66. The van der Waals surface area contributed by atoms with Gasteiger partial charge < -0.3 is 18.6 Å². The van der Waals surface area contributed by atoms with Crippen molar-refractivity contribution in [3.63, 3.8) is 0 Å². The second kappa shape index (κ2) is 6.27. The van der Waals surface area contributed by atoms with E-state index in [1.165, 1.54) is 0 Å². The lowest BCUT2D eigenvalue weighted by Gasteiger charge is -2.10. The molecule has 3 aromatic heterocycles. The summed E-state index contributed by atoms with van der Waals surface area (Å²) in [4.78, 5) is 8.90. The van der Waals surface area contributed by atoms with Crippen LogP contribution in [-0.4, -0.2) is 48.7 Å². The Bertz CT molecular complexity index is 1170. The molecule has 1 aromatic carbocycles. The molecule has 142 valence electrons. The molecule has 0 saturated heterocycles.